The molecule has 0 aromatic rings. The van der Waals surface area contributed by atoms with Gasteiger partial charge < -0.3 is 9.80 Å². The third-order valence-electron chi connectivity index (χ3n) is 2.38. The van der Waals surface area contributed by atoms with Crippen molar-refractivity contribution in [2.45, 2.75) is 26.2 Å². The molecule has 0 saturated carbocycles. The molecule has 0 radical (unpaired) electrons. The molecule has 3 heteroatoms. The molecular weight excluding hydrogens is 240 g/mol. The smallest absolute Gasteiger partial charge is 0.00317 e. The van der Waals surface area contributed by atoms with Crippen molar-refractivity contribution in [3.05, 3.63) is 0 Å². The zero-order valence-corrected chi connectivity index (χ0v) is 11.5. The van der Waals surface area contributed by atoms with Gasteiger partial charge in [0.15, 0.2) is 0 Å². The van der Waals surface area contributed by atoms with Gasteiger partial charge in [-0.3, -0.25) is 0 Å². The number of hydrogen-bond donors (Lipinski definition) is 0. The Morgan fingerprint density at radius 2 is 1.57 bits per heavy atom. The number of halogens is 1. The second-order valence-corrected chi connectivity index (χ2v) is 4.78. The van der Waals surface area contributed by atoms with Crippen LogP contribution in [0.4, 0.5) is 0 Å². The highest BCUT2D eigenvalue weighted by Gasteiger charge is 2.01. The zero-order valence-electron chi connectivity index (χ0n) is 9.93. The Bertz CT molecular complexity index is 118. The maximum atomic E-state index is 3.47. The molecule has 0 atom stereocenters. The minimum Gasteiger partial charge on any atom is -0.309 e. The van der Waals surface area contributed by atoms with Crippen LogP contribution in [0.25, 0.3) is 0 Å². The molecular formula is C11H25BrN2. The first-order valence-electron chi connectivity index (χ1n) is 5.63. The van der Waals surface area contributed by atoms with Gasteiger partial charge >= 0.3 is 0 Å². The normalized spacial score (nSPS) is 11.6. The second-order valence-electron chi connectivity index (χ2n) is 3.99. The van der Waals surface area contributed by atoms with Gasteiger partial charge in [-0.2, -0.15) is 0 Å². The third-order valence-corrected chi connectivity index (χ3v) is 2.95. The topological polar surface area (TPSA) is 6.48 Å². The summed E-state index contributed by atoms with van der Waals surface area (Å²) in [7, 11) is 4.28. The van der Waals surface area contributed by atoms with Crippen molar-refractivity contribution < 1.29 is 0 Å². The molecule has 0 N–H and O–H groups in total. The van der Waals surface area contributed by atoms with Crippen LogP contribution < -0.4 is 0 Å². The molecule has 0 aromatic heterocycles. The summed E-state index contributed by atoms with van der Waals surface area (Å²) in [5.74, 6) is 0. The summed E-state index contributed by atoms with van der Waals surface area (Å²) >= 11 is 3.47. The summed E-state index contributed by atoms with van der Waals surface area (Å²) in [4.78, 5) is 4.80. The number of hydrogen-bond acceptors (Lipinski definition) is 2. The van der Waals surface area contributed by atoms with E-state index < -0.39 is 0 Å². The van der Waals surface area contributed by atoms with Gasteiger partial charge in [0, 0.05) is 5.33 Å². The standard InChI is InChI=1S/C11H25BrN2/c1-4-14(10-6-5-8-12)11-7-9-13(2)3/h4-11H2,1-3H3. The van der Waals surface area contributed by atoms with Crippen LogP contribution in [0, 0.1) is 0 Å². The average Bonchev–Trinajstić information content (AvgIpc) is 2.15. The monoisotopic (exact) mass is 264 g/mol. The first-order chi connectivity index (χ1) is 6.70. The van der Waals surface area contributed by atoms with E-state index in [9.17, 15) is 0 Å². The van der Waals surface area contributed by atoms with Crippen LogP contribution in [0.2, 0.25) is 0 Å². The van der Waals surface area contributed by atoms with Gasteiger partial charge in [-0.15, -0.1) is 0 Å². The van der Waals surface area contributed by atoms with Crippen molar-refractivity contribution in [1.82, 2.24) is 9.80 Å². The number of rotatable bonds is 9. The van der Waals surface area contributed by atoms with E-state index in [-0.39, 0.29) is 0 Å². The predicted octanol–water partition coefficient (Wildman–Crippen LogP) is 2.44. The molecule has 0 heterocycles. The highest BCUT2D eigenvalue weighted by Crippen LogP contribution is 1.99. The van der Waals surface area contributed by atoms with Crippen molar-refractivity contribution in [3.8, 4) is 0 Å². The van der Waals surface area contributed by atoms with Crippen LogP contribution in [0.3, 0.4) is 0 Å². The maximum absolute atomic E-state index is 3.47. The molecule has 0 rings (SSSR count). The van der Waals surface area contributed by atoms with Gasteiger partial charge in [-0.1, -0.05) is 22.9 Å². The van der Waals surface area contributed by atoms with E-state index in [1.54, 1.807) is 0 Å². The van der Waals surface area contributed by atoms with Crippen molar-refractivity contribution in [1.29, 1.82) is 0 Å². The van der Waals surface area contributed by atoms with E-state index >= 15 is 0 Å². The SMILES string of the molecule is CCN(CCCCBr)CCCN(C)C. The van der Waals surface area contributed by atoms with Crippen molar-refractivity contribution in [3.63, 3.8) is 0 Å². The molecule has 0 spiro atoms. The highest BCUT2D eigenvalue weighted by atomic mass is 79.9. The Morgan fingerprint density at radius 1 is 0.929 bits per heavy atom. The van der Waals surface area contributed by atoms with Crippen LogP contribution in [-0.2, 0) is 0 Å². The summed E-state index contributed by atoms with van der Waals surface area (Å²) in [6.45, 7) is 7.15. The molecule has 14 heavy (non-hydrogen) atoms. The molecule has 86 valence electrons. The van der Waals surface area contributed by atoms with E-state index in [0.717, 1.165) is 5.33 Å². The fraction of sp³-hybridized carbons (Fsp3) is 1.00. The highest BCUT2D eigenvalue weighted by molar-refractivity contribution is 9.09. The van der Waals surface area contributed by atoms with E-state index in [0.29, 0.717) is 0 Å². The van der Waals surface area contributed by atoms with E-state index in [1.165, 1.54) is 45.4 Å². The van der Waals surface area contributed by atoms with Crippen LogP contribution in [0.5, 0.6) is 0 Å². The number of unbranched alkanes of at least 4 members (excludes halogenated alkanes) is 1. The fourth-order valence-electron chi connectivity index (χ4n) is 1.47. The van der Waals surface area contributed by atoms with Gasteiger partial charge in [0.1, 0.15) is 0 Å². The average molecular weight is 265 g/mol. The summed E-state index contributed by atoms with van der Waals surface area (Å²) in [6, 6.07) is 0. The van der Waals surface area contributed by atoms with Gasteiger partial charge in [0.05, 0.1) is 0 Å². The molecule has 0 aliphatic rings. The minimum atomic E-state index is 1.14. The quantitative estimate of drug-likeness (QED) is 0.466. The summed E-state index contributed by atoms with van der Waals surface area (Å²) in [6.07, 6.45) is 3.90. The molecule has 0 aromatic carbocycles. The lowest BCUT2D eigenvalue weighted by atomic mass is 10.3. The van der Waals surface area contributed by atoms with Crippen molar-refractivity contribution >= 4 is 15.9 Å². The molecule has 0 amide bonds. The van der Waals surface area contributed by atoms with Gasteiger partial charge in [-0.05, 0) is 59.5 Å². The molecule has 0 aliphatic carbocycles. The summed E-state index contributed by atoms with van der Waals surface area (Å²) < 4.78 is 0. The first-order valence-corrected chi connectivity index (χ1v) is 6.76. The largest absolute Gasteiger partial charge is 0.309 e. The van der Waals surface area contributed by atoms with E-state index in [1.807, 2.05) is 0 Å². The molecule has 0 fully saturated rings. The summed E-state index contributed by atoms with van der Waals surface area (Å²) in [5.41, 5.74) is 0. The molecule has 0 bridgehead atoms. The Kier molecular flexibility index (Phi) is 10.2. The summed E-state index contributed by atoms with van der Waals surface area (Å²) in [5, 5.41) is 1.14. The second kappa shape index (κ2) is 9.94. The lowest BCUT2D eigenvalue weighted by Gasteiger charge is -2.21. The number of nitrogens with zero attached hydrogens (tertiary/aromatic N) is 2. The van der Waals surface area contributed by atoms with E-state index in [4.69, 9.17) is 0 Å². The lowest BCUT2D eigenvalue weighted by Crippen LogP contribution is -2.28. The van der Waals surface area contributed by atoms with Gasteiger partial charge in [0.2, 0.25) is 0 Å². The van der Waals surface area contributed by atoms with Crippen molar-refractivity contribution in [2.75, 3.05) is 45.6 Å². The Balaban J connectivity index is 3.38. The van der Waals surface area contributed by atoms with E-state index in [2.05, 4.69) is 46.7 Å². The van der Waals surface area contributed by atoms with Gasteiger partial charge in [-0.25, -0.2) is 0 Å². The molecule has 0 unspecified atom stereocenters. The van der Waals surface area contributed by atoms with Crippen LogP contribution in [0.15, 0.2) is 0 Å². The molecule has 0 saturated heterocycles. The van der Waals surface area contributed by atoms with Crippen LogP contribution in [-0.4, -0.2) is 55.4 Å². The first kappa shape index (κ1) is 14.4. The minimum absolute atomic E-state index is 1.14. The van der Waals surface area contributed by atoms with Crippen molar-refractivity contribution in [2.24, 2.45) is 0 Å². The lowest BCUT2D eigenvalue weighted by molar-refractivity contribution is 0.263. The van der Waals surface area contributed by atoms with Crippen LogP contribution in [0.1, 0.15) is 26.2 Å². The third kappa shape index (κ3) is 8.97. The molecule has 2 nitrogen and oxygen atoms in total. The zero-order chi connectivity index (χ0) is 10.8. The molecule has 0 aliphatic heterocycles. The van der Waals surface area contributed by atoms with Gasteiger partial charge in [0.25, 0.3) is 0 Å². The maximum Gasteiger partial charge on any atom is 0.00317 e. The Labute approximate surface area is 97.8 Å². The van der Waals surface area contributed by atoms with Crippen LogP contribution >= 0.6 is 15.9 Å². The predicted molar refractivity (Wildman–Crippen MR) is 68.3 cm³/mol. The Hall–Kier alpha value is 0.400. The Morgan fingerprint density at radius 3 is 2.07 bits per heavy atom. The number of alkyl halides is 1. The fourth-order valence-corrected chi connectivity index (χ4v) is 1.86.